The van der Waals surface area contributed by atoms with Gasteiger partial charge >= 0.3 is 12.2 Å². The number of benzene rings is 1. The topological polar surface area (TPSA) is 113 Å². The van der Waals surface area contributed by atoms with Crippen molar-refractivity contribution in [1.82, 2.24) is 9.88 Å². The molecule has 1 aliphatic heterocycles. The Morgan fingerprint density at radius 1 is 0.902 bits per heavy atom. The van der Waals surface area contributed by atoms with Crippen LogP contribution in [0.25, 0.3) is 10.4 Å². The number of amides is 3. The van der Waals surface area contributed by atoms with Crippen LogP contribution in [0.2, 0.25) is 0 Å². The minimum absolute atomic E-state index is 0.303. The number of carbonyl (C=O) groups is 3. The summed E-state index contributed by atoms with van der Waals surface area (Å²) >= 11 is 2.88. The molecule has 0 bridgehead atoms. The normalized spacial score (nSPS) is 14.0. The summed E-state index contributed by atoms with van der Waals surface area (Å²) in [6, 6.07) is 9.41. The fraction of sp³-hybridized carbons (Fsp3) is 0.448. The third-order valence-electron chi connectivity index (χ3n) is 5.89. The summed E-state index contributed by atoms with van der Waals surface area (Å²) in [6.45, 7) is 15.0. The maximum absolute atomic E-state index is 13.4. The Morgan fingerprint density at radius 3 is 2.20 bits per heavy atom. The lowest BCUT2D eigenvalue weighted by atomic mass is 10.1. The van der Waals surface area contributed by atoms with E-state index in [1.54, 1.807) is 43.1 Å². The fourth-order valence-corrected chi connectivity index (χ4v) is 5.88. The number of rotatable bonds is 5. The second-order valence-corrected chi connectivity index (χ2v) is 13.6. The highest BCUT2D eigenvalue weighted by molar-refractivity contribution is 7.17. The van der Waals surface area contributed by atoms with E-state index in [4.69, 9.17) is 9.47 Å². The minimum Gasteiger partial charge on any atom is -0.444 e. The Balaban J connectivity index is 1.49. The number of ether oxygens (including phenoxy) is 2. The van der Waals surface area contributed by atoms with Crippen LogP contribution < -0.4 is 15.5 Å². The maximum Gasteiger partial charge on any atom is 0.412 e. The average Bonchev–Trinajstić information content (AvgIpc) is 3.53. The molecule has 2 N–H and O–H groups in total. The van der Waals surface area contributed by atoms with Crippen LogP contribution in [0, 0.1) is 6.92 Å². The highest BCUT2D eigenvalue weighted by atomic mass is 32.1. The molecule has 0 unspecified atom stereocenters. The highest BCUT2D eigenvalue weighted by Crippen LogP contribution is 2.34. The second kappa shape index (κ2) is 12.1. The molecule has 3 heterocycles. The number of nitrogens with zero attached hydrogens (tertiary/aromatic N) is 3. The van der Waals surface area contributed by atoms with E-state index >= 15 is 0 Å². The van der Waals surface area contributed by atoms with Gasteiger partial charge < -0.3 is 24.6 Å². The number of aryl methyl sites for hydroxylation is 1. The van der Waals surface area contributed by atoms with Crippen LogP contribution in [-0.4, -0.2) is 65.4 Å². The molecular formula is C29H37N5O5S2. The van der Waals surface area contributed by atoms with Crippen molar-refractivity contribution in [2.75, 3.05) is 41.7 Å². The number of nitrogens with one attached hydrogen (secondary N) is 2. The van der Waals surface area contributed by atoms with E-state index in [0.29, 0.717) is 42.6 Å². The summed E-state index contributed by atoms with van der Waals surface area (Å²) in [5, 5.41) is 8.86. The van der Waals surface area contributed by atoms with Crippen LogP contribution in [0.4, 0.5) is 26.0 Å². The van der Waals surface area contributed by atoms with Gasteiger partial charge in [-0.05, 0) is 77.6 Å². The van der Waals surface area contributed by atoms with E-state index in [9.17, 15) is 14.4 Å². The van der Waals surface area contributed by atoms with E-state index in [1.807, 2.05) is 57.3 Å². The molecule has 1 aromatic carbocycles. The highest BCUT2D eigenvalue weighted by Gasteiger charge is 2.28. The predicted octanol–water partition coefficient (Wildman–Crippen LogP) is 6.84. The Kier molecular flexibility index (Phi) is 8.93. The van der Waals surface area contributed by atoms with Crippen molar-refractivity contribution >= 4 is 57.1 Å². The molecule has 0 saturated carbocycles. The van der Waals surface area contributed by atoms with Crippen molar-refractivity contribution in [2.45, 2.75) is 59.7 Å². The van der Waals surface area contributed by atoms with E-state index in [-0.39, 0.29) is 12.0 Å². The van der Waals surface area contributed by atoms with Gasteiger partial charge in [0, 0.05) is 31.1 Å². The third-order valence-corrected chi connectivity index (χ3v) is 8.03. The molecule has 1 fully saturated rings. The van der Waals surface area contributed by atoms with Crippen LogP contribution in [0.1, 0.15) is 57.0 Å². The van der Waals surface area contributed by atoms with E-state index in [2.05, 4.69) is 20.5 Å². The first-order chi connectivity index (χ1) is 19.2. The van der Waals surface area contributed by atoms with Gasteiger partial charge in [0.15, 0.2) is 5.01 Å². The summed E-state index contributed by atoms with van der Waals surface area (Å²) in [5.41, 5.74) is 1.29. The van der Waals surface area contributed by atoms with Gasteiger partial charge in [-0.15, -0.1) is 11.3 Å². The van der Waals surface area contributed by atoms with E-state index < -0.39 is 17.3 Å². The molecule has 3 aromatic rings. The third kappa shape index (κ3) is 8.20. The van der Waals surface area contributed by atoms with Crippen LogP contribution in [0.15, 0.2) is 35.7 Å². The Bertz CT molecular complexity index is 1400. The summed E-state index contributed by atoms with van der Waals surface area (Å²) < 4.78 is 10.9. The second-order valence-electron chi connectivity index (χ2n) is 11.7. The molecule has 0 atom stereocenters. The molecule has 1 aliphatic rings. The molecule has 3 amide bonds. The van der Waals surface area contributed by atoms with Gasteiger partial charge in [-0.25, -0.2) is 14.6 Å². The first kappa shape index (κ1) is 30.3. The van der Waals surface area contributed by atoms with Gasteiger partial charge in [-0.1, -0.05) is 23.5 Å². The molecule has 0 radical (unpaired) electrons. The van der Waals surface area contributed by atoms with Gasteiger partial charge in [0.1, 0.15) is 16.2 Å². The maximum atomic E-state index is 13.4. The summed E-state index contributed by atoms with van der Waals surface area (Å²) in [4.78, 5) is 47.8. The van der Waals surface area contributed by atoms with E-state index in [0.717, 1.165) is 21.1 Å². The van der Waals surface area contributed by atoms with Gasteiger partial charge in [0.05, 0.1) is 17.1 Å². The first-order valence-electron chi connectivity index (χ1n) is 13.4. The van der Waals surface area contributed by atoms with Crippen LogP contribution in [-0.2, 0) is 9.47 Å². The molecule has 4 rings (SSSR count). The van der Waals surface area contributed by atoms with Gasteiger partial charge in [-0.3, -0.25) is 10.1 Å². The van der Waals surface area contributed by atoms with Crippen molar-refractivity contribution in [3.05, 3.63) is 46.4 Å². The van der Waals surface area contributed by atoms with Crippen LogP contribution in [0.5, 0.6) is 0 Å². The predicted molar refractivity (Wildman–Crippen MR) is 164 cm³/mol. The molecule has 0 aliphatic carbocycles. The molecule has 41 heavy (non-hydrogen) atoms. The molecule has 2 aromatic heterocycles. The molecule has 220 valence electrons. The van der Waals surface area contributed by atoms with Gasteiger partial charge in [0.25, 0.3) is 5.91 Å². The number of piperazine rings is 1. The zero-order valence-corrected chi connectivity index (χ0v) is 26.1. The Labute approximate surface area is 248 Å². The molecule has 0 spiro atoms. The zero-order chi connectivity index (χ0) is 29.9. The number of thiazole rings is 1. The smallest absolute Gasteiger partial charge is 0.412 e. The number of hydrogen-bond acceptors (Lipinski definition) is 9. The Hall–Kier alpha value is -3.64. The van der Waals surface area contributed by atoms with Gasteiger partial charge in [0.2, 0.25) is 0 Å². The van der Waals surface area contributed by atoms with E-state index in [1.165, 1.54) is 11.3 Å². The summed E-state index contributed by atoms with van der Waals surface area (Å²) in [5.74, 6) is -0.382. The zero-order valence-electron chi connectivity index (χ0n) is 24.5. The van der Waals surface area contributed by atoms with Crippen LogP contribution >= 0.6 is 22.7 Å². The average molecular weight is 600 g/mol. The number of carbonyl (C=O) groups excluding carboxylic acids is 3. The van der Waals surface area contributed by atoms with Crippen LogP contribution in [0.3, 0.4) is 0 Å². The lowest BCUT2D eigenvalue weighted by Crippen LogP contribution is -2.50. The lowest BCUT2D eigenvalue weighted by Gasteiger charge is -2.36. The number of aromatic nitrogens is 1. The molecule has 10 nitrogen and oxygen atoms in total. The quantitative estimate of drug-likeness (QED) is 0.330. The van der Waals surface area contributed by atoms with Gasteiger partial charge in [-0.2, -0.15) is 0 Å². The molecular weight excluding hydrogens is 562 g/mol. The monoisotopic (exact) mass is 599 g/mol. The van der Waals surface area contributed by atoms with Crippen molar-refractivity contribution in [3.63, 3.8) is 0 Å². The first-order valence-corrected chi connectivity index (χ1v) is 15.1. The minimum atomic E-state index is -0.669. The largest absolute Gasteiger partial charge is 0.444 e. The van der Waals surface area contributed by atoms with Crippen molar-refractivity contribution in [3.8, 4) is 10.4 Å². The molecule has 1 saturated heterocycles. The summed E-state index contributed by atoms with van der Waals surface area (Å²) in [6.07, 6.45) is -0.936. The number of hydrogen-bond donors (Lipinski definition) is 2. The number of thiophene rings is 1. The standard InChI is InChI=1S/C29H37N5O5S2/c1-18-25(33-12-14-34(15-13-33)27(37)39-29(5,6)7)41-24(30-18)23(35)31-21-17-19(22-9-8-16-40-22)10-11-20(21)32-26(36)38-28(2,3)4/h8-11,16-17H,12-15H2,1-7H3,(H,31,35)(H,32,36). The lowest BCUT2D eigenvalue weighted by molar-refractivity contribution is 0.0240. The fourth-order valence-electron chi connectivity index (χ4n) is 4.14. The van der Waals surface area contributed by atoms with Crippen molar-refractivity contribution < 1.29 is 23.9 Å². The SMILES string of the molecule is Cc1nc(C(=O)Nc2cc(-c3cccs3)ccc2NC(=O)OC(C)(C)C)sc1N1CCN(C(=O)OC(C)(C)C)CC1. The summed E-state index contributed by atoms with van der Waals surface area (Å²) in [7, 11) is 0. The Morgan fingerprint density at radius 2 is 1.59 bits per heavy atom. The number of anilines is 3. The molecule has 12 heteroatoms. The van der Waals surface area contributed by atoms with Crippen molar-refractivity contribution in [1.29, 1.82) is 0 Å². The van der Waals surface area contributed by atoms with Crippen molar-refractivity contribution in [2.24, 2.45) is 0 Å².